The van der Waals surface area contributed by atoms with Crippen LogP contribution in [-0.4, -0.2) is 101 Å². The number of nitrogens with zero attached hydrogens (tertiary/aromatic N) is 5. The van der Waals surface area contributed by atoms with Crippen molar-refractivity contribution < 1.29 is 14.3 Å². The summed E-state index contributed by atoms with van der Waals surface area (Å²) in [7, 11) is 3.18. The van der Waals surface area contributed by atoms with Gasteiger partial charge < -0.3 is 25.4 Å². The first-order valence-electron chi connectivity index (χ1n) is 13.8. The zero-order chi connectivity index (χ0) is 29.4. The van der Waals surface area contributed by atoms with Gasteiger partial charge in [0.15, 0.2) is 5.78 Å². The minimum atomic E-state index is -0.268. The van der Waals surface area contributed by atoms with E-state index in [1.807, 2.05) is 0 Å². The summed E-state index contributed by atoms with van der Waals surface area (Å²) in [6.07, 6.45) is 7.65. The van der Waals surface area contributed by atoms with Crippen molar-refractivity contribution in [1.82, 2.24) is 29.8 Å². The summed E-state index contributed by atoms with van der Waals surface area (Å²) in [5.41, 5.74) is 0.720. The van der Waals surface area contributed by atoms with Crippen LogP contribution in [0.4, 0.5) is 11.4 Å². The minimum Gasteiger partial charge on any atom is -0.378 e. The Morgan fingerprint density at radius 3 is 1.90 bits per heavy atom. The molecule has 226 valence electrons. The van der Waals surface area contributed by atoms with E-state index in [0.29, 0.717) is 42.7 Å². The zero-order valence-electron chi connectivity index (χ0n) is 23.4. The molecule has 4 aliphatic rings. The molecule has 2 aromatic heterocycles. The quantitative estimate of drug-likeness (QED) is 0.442. The number of piperidine rings is 2. The number of halogens is 2. The molecule has 0 saturated carbocycles. The SMILES string of the molecule is Cn1ncc(NC2CCCN(C3COC3)C2)c(Cl)c1=O.Cn1ncc(NC2CCCNC2)c(Cl)c1=O.O=C1COC1. The van der Waals surface area contributed by atoms with E-state index in [1.165, 1.54) is 9.36 Å². The molecule has 0 radical (unpaired) electrons. The molecule has 0 bridgehead atoms. The predicted molar refractivity (Wildman–Crippen MR) is 157 cm³/mol. The largest absolute Gasteiger partial charge is 0.378 e. The Kier molecular flexibility index (Phi) is 11.5. The molecule has 4 fully saturated rings. The molecular formula is C26H38Cl2N8O5. The van der Waals surface area contributed by atoms with Crippen molar-refractivity contribution in [3.05, 3.63) is 43.1 Å². The third kappa shape index (κ3) is 8.72. The Labute approximate surface area is 248 Å². The Bertz CT molecular complexity index is 1290. The van der Waals surface area contributed by atoms with Crippen LogP contribution in [0.2, 0.25) is 10.0 Å². The van der Waals surface area contributed by atoms with Gasteiger partial charge in [-0.2, -0.15) is 10.2 Å². The Morgan fingerprint density at radius 1 is 0.878 bits per heavy atom. The van der Waals surface area contributed by atoms with Gasteiger partial charge in [-0.15, -0.1) is 0 Å². The summed E-state index contributed by atoms with van der Waals surface area (Å²) in [6.45, 7) is 6.39. The second kappa shape index (κ2) is 15.1. The first-order chi connectivity index (χ1) is 19.7. The van der Waals surface area contributed by atoms with Gasteiger partial charge in [-0.3, -0.25) is 19.3 Å². The standard InChI is InChI=1S/C13H19ClN4O2.C10H15ClN4O.C3H4O2/c1-17-13(19)12(14)11(5-15-17)16-9-3-2-4-18(6-9)10-7-20-8-10;1-15-10(16)9(11)8(6-13-15)14-7-3-2-4-12-5-7;4-3-1-5-2-3/h5,9-10,16H,2-4,6-8H2,1H3;6-7,12,14H,2-5H2,1H3;1-2H2. The molecule has 6 heterocycles. The molecule has 2 unspecified atom stereocenters. The van der Waals surface area contributed by atoms with Crippen LogP contribution < -0.4 is 27.1 Å². The second-order valence-electron chi connectivity index (χ2n) is 10.5. The highest BCUT2D eigenvalue weighted by Gasteiger charge is 2.30. The van der Waals surface area contributed by atoms with Crippen molar-refractivity contribution in [3.63, 3.8) is 0 Å². The number of nitrogens with one attached hydrogen (secondary N) is 3. The number of hydrogen-bond acceptors (Lipinski definition) is 11. The highest BCUT2D eigenvalue weighted by molar-refractivity contribution is 6.33. The Morgan fingerprint density at radius 2 is 1.44 bits per heavy atom. The maximum Gasteiger partial charge on any atom is 0.287 e. The topological polar surface area (TPSA) is 145 Å². The van der Waals surface area contributed by atoms with Gasteiger partial charge >= 0.3 is 0 Å². The summed E-state index contributed by atoms with van der Waals surface area (Å²) < 4.78 is 12.2. The van der Waals surface area contributed by atoms with Crippen LogP contribution >= 0.6 is 23.2 Å². The molecule has 0 aliphatic carbocycles. The number of aryl methyl sites for hydroxylation is 2. The number of Topliss-reactive ketones (excluding diaryl/α,β-unsaturated/α-hetero) is 1. The van der Waals surface area contributed by atoms with Crippen LogP contribution in [0.15, 0.2) is 22.0 Å². The highest BCUT2D eigenvalue weighted by Crippen LogP contribution is 2.23. The monoisotopic (exact) mass is 612 g/mol. The molecule has 6 rings (SSSR count). The van der Waals surface area contributed by atoms with Crippen molar-refractivity contribution in [3.8, 4) is 0 Å². The van der Waals surface area contributed by atoms with E-state index in [4.69, 9.17) is 27.9 Å². The van der Waals surface area contributed by atoms with E-state index < -0.39 is 0 Å². The van der Waals surface area contributed by atoms with Gasteiger partial charge in [-0.05, 0) is 38.8 Å². The van der Waals surface area contributed by atoms with Crippen molar-refractivity contribution in [2.45, 2.75) is 43.8 Å². The molecule has 4 aliphatic heterocycles. The van der Waals surface area contributed by atoms with Crippen LogP contribution in [0.5, 0.6) is 0 Å². The fourth-order valence-corrected chi connectivity index (χ4v) is 5.16. The number of anilines is 2. The normalized spacial score (nSPS) is 22.7. The first kappa shape index (κ1) is 31.4. The van der Waals surface area contributed by atoms with Crippen molar-refractivity contribution in [2.24, 2.45) is 14.1 Å². The molecule has 13 nitrogen and oxygen atoms in total. The van der Waals surface area contributed by atoms with Gasteiger partial charge in [0.25, 0.3) is 11.1 Å². The molecule has 41 heavy (non-hydrogen) atoms. The molecule has 3 N–H and O–H groups in total. The molecular weight excluding hydrogens is 575 g/mol. The number of carbonyl (C=O) groups is 1. The van der Waals surface area contributed by atoms with E-state index >= 15 is 0 Å². The van der Waals surface area contributed by atoms with Crippen molar-refractivity contribution >= 4 is 40.4 Å². The number of likely N-dealkylation sites (tertiary alicyclic amines) is 1. The third-order valence-corrected chi connectivity index (χ3v) is 8.02. The van der Waals surface area contributed by atoms with Crippen LogP contribution in [0.1, 0.15) is 25.7 Å². The van der Waals surface area contributed by atoms with Crippen molar-refractivity contribution in [1.29, 1.82) is 0 Å². The molecule has 0 amide bonds. The third-order valence-electron chi connectivity index (χ3n) is 7.29. The summed E-state index contributed by atoms with van der Waals surface area (Å²) >= 11 is 12.0. The Hall–Kier alpha value is -2.55. The number of ketones is 1. The molecule has 4 saturated heterocycles. The second-order valence-corrected chi connectivity index (χ2v) is 11.2. The predicted octanol–water partition coefficient (Wildman–Crippen LogP) is 0.892. The van der Waals surface area contributed by atoms with Gasteiger partial charge in [0.05, 0.1) is 43.0 Å². The molecule has 15 heteroatoms. The summed E-state index contributed by atoms with van der Waals surface area (Å²) in [4.78, 5) is 35.5. The van der Waals surface area contributed by atoms with Gasteiger partial charge in [0.2, 0.25) is 0 Å². The van der Waals surface area contributed by atoms with E-state index in [1.54, 1.807) is 26.5 Å². The van der Waals surface area contributed by atoms with Gasteiger partial charge in [-0.1, -0.05) is 23.2 Å². The van der Waals surface area contributed by atoms with Gasteiger partial charge in [0.1, 0.15) is 23.3 Å². The van der Waals surface area contributed by atoms with Crippen LogP contribution in [0.3, 0.4) is 0 Å². The van der Waals surface area contributed by atoms with Gasteiger partial charge in [0, 0.05) is 39.3 Å². The van der Waals surface area contributed by atoms with E-state index in [0.717, 1.165) is 65.1 Å². The van der Waals surface area contributed by atoms with Gasteiger partial charge in [-0.25, -0.2) is 9.36 Å². The van der Waals surface area contributed by atoms with E-state index in [-0.39, 0.29) is 26.9 Å². The summed E-state index contributed by atoms with van der Waals surface area (Å²) in [6, 6.07) is 1.17. The van der Waals surface area contributed by atoms with Crippen molar-refractivity contribution in [2.75, 3.05) is 63.2 Å². The molecule has 2 aromatic rings. The average molecular weight is 614 g/mol. The minimum absolute atomic E-state index is 0.211. The number of aromatic nitrogens is 4. The number of hydrogen-bond donors (Lipinski definition) is 3. The lowest BCUT2D eigenvalue weighted by atomic mass is 10.0. The fraction of sp³-hybridized carbons (Fsp3) is 0.654. The maximum absolute atomic E-state index is 11.8. The Balaban J connectivity index is 0.000000164. The number of carbonyl (C=O) groups excluding carboxylic acids is 1. The molecule has 0 aromatic carbocycles. The summed E-state index contributed by atoms with van der Waals surface area (Å²) in [5, 5.41) is 18.3. The molecule has 2 atom stereocenters. The highest BCUT2D eigenvalue weighted by atomic mass is 35.5. The van der Waals surface area contributed by atoms with E-state index in [9.17, 15) is 14.4 Å². The smallest absolute Gasteiger partial charge is 0.287 e. The average Bonchev–Trinajstić information content (AvgIpc) is 2.93. The lowest BCUT2D eigenvalue weighted by Gasteiger charge is -2.42. The number of rotatable bonds is 5. The molecule has 0 spiro atoms. The fourth-order valence-electron chi connectivity index (χ4n) is 4.71. The lowest BCUT2D eigenvalue weighted by Crippen LogP contribution is -2.54. The van der Waals surface area contributed by atoms with Crippen LogP contribution in [0, 0.1) is 0 Å². The first-order valence-corrected chi connectivity index (χ1v) is 14.6. The van der Waals surface area contributed by atoms with E-state index in [2.05, 4.69) is 35.8 Å². The zero-order valence-corrected chi connectivity index (χ0v) is 24.9. The van der Waals surface area contributed by atoms with Crippen LogP contribution in [-0.2, 0) is 28.4 Å². The number of ether oxygens (including phenoxy) is 2. The lowest BCUT2D eigenvalue weighted by molar-refractivity contribution is -0.140. The van der Waals surface area contributed by atoms with Crippen LogP contribution in [0.25, 0.3) is 0 Å². The maximum atomic E-state index is 11.8. The summed E-state index contributed by atoms with van der Waals surface area (Å²) in [5.74, 6) is 0.213.